The van der Waals surface area contributed by atoms with Crippen molar-refractivity contribution in [2.45, 2.75) is 18.9 Å². The Balaban J connectivity index is 1.54. The van der Waals surface area contributed by atoms with Gasteiger partial charge in [0.05, 0.1) is 6.10 Å². The summed E-state index contributed by atoms with van der Waals surface area (Å²) in [6.07, 6.45) is 3.48. The van der Waals surface area contributed by atoms with Crippen LogP contribution in [0.15, 0.2) is 84.6 Å². The Morgan fingerprint density at radius 1 is 1.00 bits per heavy atom. The van der Waals surface area contributed by atoms with Gasteiger partial charge in [-0.2, -0.15) is 0 Å². The molecule has 0 radical (unpaired) electrons. The number of rotatable bonds is 8. The van der Waals surface area contributed by atoms with Crippen molar-refractivity contribution in [2.24, 2.45) is 0 Å². The lowest BCUT2D eigenvalue weighted by molar-refractivity contribution is -0.118. The second kappa shape index (κ2) is 11.5. The number of halogens is 1. The molecule has 0 saturated carbocycles. The number of ether oxygens (including phenoxy) is 2. The van der Waals surface area contributed by atoms with Crippen LogP contribution in [-0.4, -0.2) is 31.1 Å². The summed E-state index contributed by atoms with van der Waals surface area (Å²) in [5, 5.41) is 6.12. The van der Waals surface area contributed by atoms with E-state index >= 15 is 0 Å². The molecule has 2 N–H and O–H groups in total. The van der Waals surface area contributed by atoms with Gasteiger partial charge >= 0.3 is 0 Å². The Morgan fingerprint density at radius 2 is 1.76 bits per heavy atom. The summed E-state index contributed by atoms with van der Waals surface area (Å²) in [7, 11) is 0. The van der Waals surface area contributed by atoms with E-state index in [-0.39, 0.29) is 11.8 Å². The minimum absolute atomic E-state index is 0.0141. The maximum Gasteiger partial charge on any atom is 0.267 e. The summed E-state index contributed by atoms with van der Waals surface area (Å²) in [6, 6.07) is 23.2. The van der Waals surface area contributed by atoms with Crippen LogP contribution in [0.25, 0.3) is 6.08 Å². The van der Waals surface area contributed by atoms with Crippen LogP contribution >= 0.6 is 11.6 Å². The summed E-state index contributed by atoms with van der Waals surface area (Å²) in [5.74, 6) is 0.511. The van der Waals surface area contributed by atoms with E-state index in [0.29, 0.717) is 40.8 Å². The van der Waals surface area contributed by atoms with E-state index in [2.05, 4.69) is 10.6 Å². The van der Waals surface area contributed by atoms with Gasteiger partial charge in [0, 0.05) is 23.7 Å². The Labute approximate surface area is 203 Å². The van der Waals surface area contributed by atoms with Crippen LogP contribution in [0.4, 0.5) is 0 Å². The summed E-state index contributed by atoms with van der Waals surface area (Å²) < 4.78 is 11.5. The van der Waals surface area contributed by atoms with Crippen molar-refractivity contribution in [3.63, 3.8) is 0 Å². The smallest absolute Gasteiger partial charge is 0.267 e. The molecular weight excluding hydrogens is 452 g/mol. The molecule has 3 aromatic carbocycles. The lowest BCUT2D eigenvalue weighted by Crippen LogP contribution is -2.38. The fourth-order valence-electron chi connectivity index (χ4n) is 3.52. The molecule has 3 aromatic rings. The minimum Gasteiger partial charge on any atom is -0.457 e. The monoisotopic (exact) mass is 476 g/mol. The minimum atomic E-state index is -0.410. The maximum atomic E-state index is 13.0. The van der Waals surface area contributed by atoms with Crippen molar-refractivity contribution in [2.75, 3.05) is 13.2 Å². The highest BCUT2D eigenvalue weighted by molar-refractivity contribution is 6.30. The quantitative estimate of drug-likeness (QED) is 0.438. The Bertz CT molecular complexity index is 1160. The normalized spacial score (nSPS) is 15.6. The Morgan fingerprint density at radius 3 is 2.50 bits per heavy atom. The zero-order valence-electron chi connectivity index (χ0n) is 18.5. The zero-order chi connectivity index (χ0) is 23.8. The molecule has 34 heavy (non-hydrogen) atoms. The Kier molecular flexibility index (Phi) is 7.96. The number of para-hydroxylation sites is 1. The van der Waals surface area contributed by atoms with E-state index in [9.17, 15) is 9.59 Å². The molecule has 1 fully saturated rings. The van der Waals surface area contributed by atoms with Crippen molar-refractivity contribution in [3.8, 4) is 11.5 Å². The lowest BCUT2D eigenvalue weighted by Gasteiger charge is -2.14. The van der Waals surface area contributed by atoms with Gasteiger partial charge in [-0.05, 0) is 73.0 Å². The fourth-order valence-corrected chi connectivity index (χ4v) is 3.65. The van der Waals surface area contributed by atoms with Gasteiger partial charge in [0.2, 0.25) is 0 Å². The second-order valence-electron chi connectivity index (χ2n) is 7.85. The zero-order valence-corrected chi connectivity index (χ0v) is 19.3. The van der Waals surface area contributed by atoms with Crippen LogP contribution in [0.5, 0.6) is 11.5 Å². The summed E-state index contributed by atoms with van der Waals surface area (Å²) in [4.78, 5) is 25.8. The first kappa shape index (κ1) is 23.5. The summed E-state index contributed by atoms with van der Waals surface area (Å²) >= 11 is 5.93. The largest absolute Gasteiger partial charge is 0.457 e. The first-order chi connectivity index (χ1) is 16.6. The number of hydrogen-bond acceptors (Lipinski definition) is 4. The average Bonchev–Trinajstić information content (AvgIpc) is 3.37. The average molecular weight is 477 g/mol. The van der Waals surface area contributed by atoms with Gasteiger partial charge < -0.3 is 20.1 Å². The van der Waals surface area contributed by atoms with E-state index < -0.39 is 11.8 Å². The summed E-state index contributed by atoms with van der Waals surface area (Å²) in [6.45, 7) is 1.08. The van der Waals surface area contributed by atoms with E-state index in [1.54, 1.807) is 36.4 Å². The first-order valence-corrected chi connectivity index (χ1v) is 11.5. The molecule has 1 atom stereocenters. The highest BCUT2D eigenvalue weighted by Gasteiger charge is 2.19. The number of benzene rings is 3. The molecule has 7 heteroatoms. The number of nitrogens with one attached hydrogen (secondary N) is 2. The van der Waals surface area contributed by atoms with Gasteiger partial charge in [0.15, 0.2) is 0 Å². The van der Waals surface area contributed by atoms with Gasteiger partial charge in [-0.25, -0.2) is 0 Å². The van der Waals surface area contributed by atoms with Crippen molar-refractivity contribution in [1.82, 2.24) is 10.6 Å². The van der Waals surface area contributed by atoms with Gasteiger partial charge in [0.25, 0.3) is 11.8 Å². The van der Waals surface area contributed by atoms with Crippen LogP contribution in [0.2, 0.25) is 5.02 Å². The molecule has 1 heterocycles. The van der Waals surface area contributed by atoms with E-state index in [0.717, 1.165) is 12.8 Å². The van der Waals surface area contributed by atoms with Gasteiger partial charge in [-0.3, -0.25) is 9.59 Å². The molecule has 4 rings (SSSR count). The highest BCUT2D eigenvalue weighted by Crippen LogP contribution is 2.23. The maximum absolute atomic E-state index is 13.0. The van der Waals surface area contributed by atoms with Crippen molar-refractivity contribution < 1.29 is 19.1 Å². The van der Waals surface area contributed by atoms with Gasteiger partial charge in [-0.1, -0.05) is 41.9 Å². The van der Waals surface area contributed by atoms with Crippen LogP contribution in [0, 0.1) is 0 Å². The number of amides is 2. The van der Waals surface area contributed by atoms with E-state index in [4.69, 9.17) is 21.1 Å². The van der Waals surface area contributed by atoms with Crippen LogP contribution in [0.1, 0.15) is 28.8 Å². The van der Waals surface area contributed by atoms with Crippen molar-refractivity contribution in [3.05, 3.63) is 101 Å². The predicted molar refractivity (Wildman–Crippen MR) is 132 cm³/mol. The standard InChI is InChI=1S/C27H25ClN2O4/c28-21-13-11-20(12-14-21)26(31)30-25(27(32)29-18-24-10-5-15-33-24)17-19-6-4-9-23(16-19)34-22-7-2-1-3-8-22/h1-4,6-9,11-14,16-17,24H,5,10,15,18H2,(H,29,32)(H,30,31)/b25-17-/t24-/m1/s1. The van der Waals surface area contributed by atoms with E-state index in [1.807, 2.05) is 48.5 Å². The lowest BCUT2D eigenvalue weighted by atomic mass is 10.1. The predicted octanol–water partition coefficient (Wildman–Crippen LogP) is 5.20. The van der Waals surface area contributed by atoms with E-state index in [1.165, 1.54) is 0 Å². The van der Waals surface area contributed by atoms with Crippen LogP contribution in [0.3, 0.4) is 0 Å². The molecular formula is C27H25ClN2O4. The van der Waals surface area contributed by atoms with Crippen molar-refractivity contribution in [1.29, 1.82) is 0 Å². The van der Waals surface area contributed by atoms with Crippen LogP contribution < -0.4 is 15.4 Å². The molecule has 0 aliphatic carbocycles. The molecule has 0 aromatic heterocycles. The third kappa shape index (κ3) is 6.70. The third-order valence-corrected chi connectivity index (χ3v) is 5.51. The van der Waals surface area contributed by atoms with Crippen LogP contribution in [-0.2, 0) is 9.53 Å². The first-order valence-electron chi connectivity index (χ1n) is 11.1. The SMILES string of the molecule is O=C(NC[C@H]1CCCO1)/C(=C/c1cccc(Oc2ccccc2)c1)NC(=O)c1ccc(Cl)cc1. The molecule has 174 valence electrons. The topological polar surface area (TPSA) is 76.7 Å². The third-order valence-electron chi connectivity index (χ3n) is 5.26. The molecule has 2 amide bonds. The molecule has 6 nitrogen and oxygen atoms in total. The summed E-state index contributed by atoms with van der Waals surface area (Å²) in [5.41, 5.74) is 1.21. The second-order valence-corrected chi connectivity index (χ2v) is 8.29. The Hall–Kier alpha value is -3.61. The fraction of sp³-hybridized carbons (Fsp3) is 0.185. The molecule has 1 aliphatic rings. The molecule has 1 saturated heterocycles. The van der Waals surface area contributed by atoms with Gasteiger partial charge in [0.1, 0.15) is 17.2 Å². The number of carbonyl (C=O) groups excluding carboxylic acids is 2. The molecule has 0 bridgehead atoms. The number of hydrogen-bond donors (Lipinski definition) is 2. The highest BCUT2D eigenvalue weighted by atomic mass is 35.5. The van der Waals surface area contributed by atoms with Gasteiger partial charge in [-0.15, -0.1) is 0 Å². The molecule has 1 aliphatic heterocycles. The van der Waals surface area contributed by atoms with Crippen molar-refractivity contribution >= 4 is 29.5 Å². The molecule has 0 spiro atoms. The number of carbonyl (C=O) groups is 2. The molecule has 0 unspecified atom stereocenters.